The van der Waals surface area contributed by atoms with Crippen LogP contribution in [0.5, 0.6) is 0 Å². The van der Waals surface area contributed by atoms with E-state index in [4.69, 9.17) is 16.0 Å². The first-order valence-electron chi connectivity index (χ1n) is 8.77. The topological polar surface area (TPSA) is 59.3 Å². The number of anilines is 1. The number of furan rings is 1. The van der Waals surface area contributed by atoms with E-state index in [1.165, 1.54) is 0 Å². The monoisotopic (exact) mass is 389 g/mol. The molecule has 0 unspecified atom stereocenters. The molecule has 1 N–H and O–H groups in total. The first kappa shape index (κ1) is 18.0. The molecule has 28 heavy (non-hydrogen) atoms. The molecule has 0 aliphatic rings. The van der Waals surface area contributed by atoms with Gasteiger partial charge in [-0.05, 0) is 36.4 Å². The Morgan fingerprint density at radius 2 is 1.50 bits per heavy atom. The molecule has 3 aromatic carbocycles. The van der Waals surface area contributed by atoms with Crippen molar-refractivity contribution in [3.63, 3.8) is 0 Å². The van der Waals surface area contributed by atoms with Crippen molar-refractivity contribution in [1.29, 1.82) is 0 Å². The summed E-state index contributed by atoms with van der Waals surface area (Å²) < 4.78 is 5.83. The lowest BCUT2D eigenvalue weighted by Crippen LogP contribution is -2.15. The quantitative estimate of drug-likeness (QED) is 0.435. The largest absolute Gasteiger partial charge is 0.450 e. The van der Waals surface area contributed by atoms with Crippen LogP contribution >= 0.6 is 11.6 Å². The van der Waals surface area contributed by atoms with Crippen LogP contribution in [-0.4, -0.2) is 18.1 Å². The zero-order valence-corrected chi connectivity index (χ0v) is 15.6. The van der Waals surface area contributed by atoms with Crippen LogP contribution in [0, 0.1) is 0 Å². The average molecular weight is 390 g/mol. The number of rotatable bonds is 6. The smallest absolute Gasteiger partial charge is 0.230 e. The zero-order valence-electron chi connectivity index (χ0n) is 14.8. The highest BCUT2D eigenvalue weighted by molar-refractivity contribution is 6.30. The summed E-state index contributed by atoms with van der Waals surface area (Å²) >= 11 is 5.92. The van der Waals surface area contributed by atoms with Crippen LogP contribution in [0.15, 0.2) is 83.3 Å². The molecule has 5 heteroatoms. The molecule has 0 bridgehead atoms. The van der Waals surface area contributed by atoms with E-state index in [0.29, 0.717) is 27.4 Å². The fourth-order valence-corrected chi connectivity index (χ4v) is 3.13. The van der Waals surface area contributed by atoms with Crippen molar-refractivity contribution in [3.8, 4) is 0 Å². The van der Waals surface area contributed by atoms with E-state index in [9.17, 15) is 9.59 Å². The molecular formula is C23H16ClNO3. The van der Waals surface area contributed by atoms with Crippen molar-refractivity contribution in [1.82, 2.24) is 0 Å². The summed E-state index contributed by atoms with van der Waals surface area (Å²) in [7, 11) is 0. The van der Waals surface area contributed by atoms with Crippen molar-refractivity contribution in [2.24, 2.45) is 0 Å². The first-order chi connectivity index (χ1) is 13.6. The van der Waals surface area contributed by atoms with Crippen LogP contribution in [0.4, 0.5) is 5.69 Å². The fourth-order valence-electron chi connectivity index (χ4n) is 3.01. The summed E-state index contributed by atoms with van der Waals surface area (Å²) in [5.41, 5.74) is 2.16. The number of ketones is 2. The Hall–Kier alpha value is -3.37. The van der Waals surface area contributed by atoms with E-state index in [2.05, 4.69) is 5.32 Å². The second-order valence-corrected chi connectivity index (χ2v) is 6.72. The number of benzene rings is 3. The van der Waals surface area contributed by atoms with Gasteiger partial charge < -0.3 is 9.73 Å². The SMILES string of the molecule is O=C(CNc1c(C(=O)c2ccc(Cl)cc2)oc2ccccc12)c1ccccc1. The van der Waals surface area contributed by atoms with Gasteiger partial charge in [0.2, 0.25) is 5.78 Å². The minimum Gasteiger partial charge on any atom is -0.450 e. The molecule has 0 fully saturated rings. The van der Waals surface area contributed by atoms with Gasteiger partial charge in [-0.15, -0.1) is 0 Å². The van der Waals surface area contributed by atoms with Gasteiger partial charge in [-0.1, -0.05) is 54.1 Å². The van der Waals surface area contributed by atoms with Gasteiger partial charge in [0.25, 0.3) is 0 Å². The standard InChI is InChI=1S/C23H16ClNO3/c24-17-12-10-16(11-13-17)22(27)23-21(18-8-4-5-9-20(18)28-23)25-14-19(26)15-6-2-1-3-7-15/h1-13,25H,14H2. The number of hydrogen-bond donors (Lipinski definition) is 1. The summed E-state index contributed by atoms with van der Waals surface area (Å²) in [5, 5.41) is 4.41. The average Bonchev–Trinajstić information content (AvgIpc) is 3.11. The van der Waals surface area contributed by atoms with Crippen LogP contribution in [0.2, 0.25) is 5.02 Å². The lowest BCUT2D eigenvalue weighted by atomic mass is 10.1. The maximum atomic E-state index is 13.0. The minimum atomic E-state index is -0.275. The predicted octanol–water partition coefficient (Wildman–Crippen LogP) is 5.61. The van der Waals surface area contributed by atoms with Gasteiger partial charge in [0.15, 0.2) is 11.5 Å². The Morgan fingerprint density at radius 3 is 2.25 bits per heavy atom. The molecule has 4 rings (SSSR count). The van der Waals surface area contributed by atoms with Crippen LogP contribution in [0.25, 0.3) is 11.0 Å². The lowest BCUT2D eigenvalue weighted by Gasteiger charge is -2.07. The number of halogens is 1. The normalized spacial score (nSPS) is 10.8. The molecular weight excluding hydrogens is 374 g/mol. The molecule has 1 aromatic heterocycles. The maximum absolute atomic E-state index is 13.0. The third-order valence-electron chi connectivity index (χ3n) is 4.43. The molecule has 0 aliphatic heterocycles. The number of para-hydroxylation sites is 1. The highest BCUT2D eigenvalue weighted by atomic mass is 35.5. The molecule has 0 spiro atoms. The summed E-state index contributed by atoms with van der Waals surface area (Å²) in [6.45, 7) is 0.0500. The van der Waals surface area contributed by atoms with Crippen molar-refractivity contribution in [2.45, 2.75) is 0 Å². The highest BCUT2D eigenvalue weighted by Crippen LogP contribution is 2.32. The molecule has 0 aliphatic carbocycles. The Morgan fingerprint density at radius 1 is 0.821 bits per heavy atom. The number of carbonyl (C=O) groups excluding carboxylic acids is 2. The third kappa shape index (κ3) is 3.55. The van der Waals surface area contributed by atoms with Gasteiger partial charge >= 0.3 is 0 Å². The highest BCUT2D eigenvalue weighted by Gasteiger charge is 2.22. The Balaban J connectivity index is 1.68. The number of nitrogens with one attached hydrogen (secondary N) is 1. The van der Waals surface area contributed by atoms with E-state index < -0.39 is 0 Å². The second-order valence-electron chi connectivity index (χ2n) is 6.28. The minimum absolute atomic E-state index is 0.0500. The Kier molecular flexibility index (Phi) is 4.96. The second kappa shape index (κ2) is 7.71. The third-order valence-corrected chi connectivity index (χ3v) is 4.68. The Labute approximate surface area is 166 Å². The van der Waals surface area contributed by atoms with E-state index in [0.717, 1.165) is 5.39 Å². The molecule has 0 amide bonds. The molecule has 0 saturated carbocycles. The molecule has 138 valence electrons. The van der Waals surface area contributed by atoms with E-state index >= 15 is 0 Å². The van der Waals surface area contributed by atoms with Gasteiger partial charge in [-0.25, -0.2) is 0 Å². The first-order valence-corrected chi connectivity index (χ1v) is 9.15. The van der Waals surface area contributed by atoms with Crippen LogP contribution in [0.3, 0.4) is 0 Å². The van der Waals surface area contributed by atoms with E-state index in [1.54, 1.807) is 42.5 Å². The molecule has 1 heterocycles. The Bertz CT molecular complexity index is 1150. The molecule has 0 radical (unpaired) electrons. The number of fused-ring (bicyclic) bond motifs is 1. The van der Waals surface area contributed by atoms with E-state index in [-0.39, 0.29) is 23.9 Å². The maximum Gasteiger partial charge on any atom is 0.230 e. The summed E-state index contributed by atoms with van der Waals surface area (Å²) in [6.07, 6.45) is 0. The number of hydrogen-bond acceptors (Lipinski definition) is 4. The van der Waals surface area contributed by atoms with Crippen molar-refractivity contribution >= 4 is 39.8 Å². The molecule has 0 atom stereocenters. The molecule has 4 nitrogen and oxygen atoms in total. The van der Waals surface area contributed by atoms with Crippen LogP contribution in [0.1, 0.15) is 26.5 Å². The van der Waals surface area contributed by atoms with Crippen molar-refractivity contribution in [3.05, 3.63) is 101 Å². The number of Topliss-reactive ketones (excluding diaryl/α,β-unsaturated/α-hetero) is 1. The summed E-state index contributed by atoms with van der Waals surface area (Å²) in [4.78, 5) is 25.5. The van der Waals surface area contributed by atoms with Gasteiger partial charge in [-0.2, -0.15) is 0 Å². The predicted molar refractivity (Wildman–Crippen MR) is 110 cm³/mol. The van der Waals surface area contributed by atoms with Crippen molar-refractivity contribution < 1.29 is 14.0 Å². The molecule has 4 aromatic rings. The van der Waals surface area contributed by atoms with Gasteiger partial charge in [0, 0.05) is 21.5 Å². The van der Waals surface area contributed by atoms with Crippen molar-refractivity contribution in [2.75, 3.05) is 11.9 Å². The lowest BCUT2D eigenvalue weighted by molar-refractivity contribution is 0.0997. The summed E-state index contributed by atoms with van der Waals surface area (Å²) in [6, 6.07) is 23.0. The van der Waals surface area contributed by atoms with E-state index in [1.807, 2.05) is 36.4 Å². The van der Waals surface area contributed by atoms with Gasteiger partial charge in [0.05, 0.1) is 12.2 Å². The van der Waals surface area contributed by atoms with Crippen LogP contribution < -0.4 is 5.32 Å². The zero-order chi connectivity index (χ0) is 19.5. The fraction of sp³-hybridized carbons (Fsp3) is 0.0435. The van der Waals surface area contributed by atoms with Gasteiger partial charge in [0.1, 0.15) is 5.58 Å². The van der Waals surface area contributed by atoms with Crippen LogP contribution in [-0.2, 0) is 0 Å². The van der Waals surface area contributed by atoms with Gasteiger partial charge in [-0.3, -0.25) is 9.59 Å². The summed E-state index contributed by atoms with van der Waals surface area (Å²) in [5.74, 6) is -0.178. The number of carbonyl (C=O) groups is 2. The molecule has 0 saturated heterocycles.